The van der Waals surface area contributed by atoms with Gasteiger partial charge >= 0.3 is 5.97 Å². The summed E-state index contributed by atoms with van der Waals surface area (Å²) in [4.78, 5) is 30.7. The number of halogens is 1. The molecule has 1 aromatic heterocycles. The molecule has 134 valence electrons. The number of aromatic hydroxyl groups is 1. The molecule has 0 bridgehead atoms. The van der Waals surface area contributed by atoms with Gasteiger partial charge in [0.05, 0.1) is 25.2 Å². The van der Waals surface area contributed by atoms with Crippen molar-refractivity contribution in [1.29, 1.82) is 0 Å². The Labute approximate surface area is 144 Å². The summed E-state index contributed by atoms with van der Waals surface area (Å²) in [5.41, 5.74) is -1.79. The van der Waals surface area contributed by atoms with Crippen LogP contribution in [0.25, 0.3) is 0 Å². The monoisotopic (exact) mass is 360 g/mol. The van der Waals surface area contributed by atoms with E-state index in [0.717, 1.165) is 0 Å². The van der Waals surface area contributed by atoms with Crippen molar-refractivity contribution in [2.24, 2.45) is 0 Å². The Morgan fingerprint density at radius 3 is 2.79 bits per heavy atom. The van der Waals surface area contributed by atoms with Gasteiger partial charge in [0.15, 0.2) is 5.69 Å². The van der Waals surface area contributed by atoms with Crippen LogP contribution in [0.1, 0.15) is 36.1 Å². The van der Waals surface area contributed by atoms with Crippen molar-refractivity contribution in [3.63, 3.8) is 0 Å². The van der Waals surface area contributed by atoms with Crippen molar-refractivity contribution in [2.45, 2.75) is 25.2 Å². The molecule has 2 N–H and O–H groups in total. The van der Waals surface area contributed by atoms with Gasteiger partial charge in [0.2, 0.25) is 5.75 Å². The molecule has 0 amide bonds. The number of nitrogens with zero attached hydrogens (tertiary/aromatic N) is 1. The molecule has 0 spiro atoms. The van der Waals surface area contributed by atoms with Crippen molar-refractivity contribution >= 4 is 17.6 Å². The molecule has 1 aliphatic rings. The summed E-state index contributed by atoms with van der Waals surface area (Å²) < 4.78 is 15.8. The number of ether oxygens (including phenoxy) is 3. The molecule has 0 unspecified atom stereocenters. The van der Waals surface area contributed by atoms with Crippen LogP contribution >= 0.6 is 11.6 Å². The third kappa shape index (κ3) is 4.06. The molecule has 9 heteroatoms. The minimum Gasteiger partial charge on any atom is -0.501 e. The van der Waals surface area contributed by atoms with Crippen LogP contribution in [0, 0.1) is 0 Å². The third-order valence-electron chi connectivity index (χ3n) is 3.92. The highest BCUT2D eigenvalue weighted by Gasteiger charge is 2.38. The highest BCUT2D eigenvalue weighted by molar-refractivity contribution is 6.17. The zero-order valence-electron chi connectivity index (χ0n) is 13.5. The number of aromatic amines is 1. The number of carbonyl (C=O) groups is 1. The first kappa shape index (κ1) is 18.7. The van der Waals surface area contributed by atoms with Gasteiger partial charge in [0, 0.05) is 19.1 Å². The number of hydrogen-bond acceptors (Lipinski definition) is 7. The Morgan fingerprint density at radius 2 is 2.17 bits per heavy atom. The Bertz CT molecular complexity index is 627. The van der Waals surface area contributed by atoms with Gasteiger partial charge in [0.25, 0.3) is 5.56 Å². The van der Waals surface area contributed by atoms with Crippen LogP contribution in [-0.2, 0) is 19.6 Å². The van der Waals surface area contributed by atoms with Crippen molar-refractivity contribution in [1.82, 2.24) is 9.97 Å². The molecular weight excluding hydrogens is 340 g/mol. The average molecular weight is 361 g/mol. The van der Waals surface area contributed by atoms with E-state index in [9.17, 15) is 14.7 Å². The van der Waals surface area contributed by atoms with Gasteiger partial charge in [0.1, 0.15) is 5.82 Å². The lowest BCUT2D eigenvalue weighted by Gasteiger charge is -2.35. The smallest absolute Gasteiger partial charge is 0.361 e. The summed E-state index contributed by atoms with van der Waals surface area (Å²) in [7, 11) is 0. The molecular formula is C15H21ClN2O6. The molecule has 1 aromatic rings. The topological polar surface area (TPSA) is 111 Å². The molecule has 0 radical (unpaired) electrons. The minimum absolute atomic E-state index is 0.111. The average Bonchev–Trinajstić information content (AvgIpc) is 2.58. The summed E-state index contributed by atoms with van der Waals surface area (Å²) in [5.74, 6) is -0.959. The van der Waals surface area contributed by atoms with Crippen LogP contribution < -0.4 is 5.56 Å². The van der Waals surface area contributed by atoms with Crippen LogP contribution in [0.4, 0.5) is 0 Å². The Kier molecular flexibility index (Phi) is 6.59. The summed E-state index contributed by atoms with van der Waals surface area (Å²) in [6, 6.07) is 0. The van der Waals surface area contributed by atoms with Crippen molar-refractivity contribution in [2.75, 3.05) is 38.9 Å². The highest BCUT2D eigenvalue weighted by atomic mass is 35.5. The van der Waals surface area contributed by atoms with Gasteiger partial charge in [-0.25, -0.2) is 9.78 Å². The van der Waals surface area contributed by atoms with E-state index in [1.165, 1.54) is 0 Å². The lowest BCUT2D eigenvalue weighted by Crippen LogP contribution is -2.41. The summed E-state index contributed by atoms with van der Waals surface area (Å²) in [6.07, 6.45) is 1.12. The molecule has 1 saturated heterocycles. The van der Waals surface area contributed by atoms with Gasteiger partial charge in [-0.2, -0.15) is 0 Å². The number of rotatable bonds is 7. The Morgan fingerprint density at radius 1 is 1.46 bits per heavy atom. The van der Waals surface area contributed by atoms with Crippen molar-refractivity contribution in [3.8, 4) is 5.75 Å². The van der Waals surface area contributed by atoms with Crippen molar-refractivity contribution < 1.29 is 24.1 Å². The normalized spacial score (nSPS) is 16.8. The maximum Gasteiger partial charge on any atom is 0.361 e. The summed E-state index contributed by atoms with van der Waals surface area (Å²) in [6.45, 7) is 3.33. The van der Waals surface area contributed by atoms with Crippen LogP contribution in [0.15, 0.2) is 4.79 Å². The first-order chi connectivity index (χ1) is 11.5. The predicted octanol–water partition coefficient (Wildman–Crippen LogP) is 0.956. The van der Waals surface area contributed by atoms with Gasteiger partial charge < -0.3 is 24.3 Å². The molecule has 1 fully saturated rings. The second kappa shape index (κ2) is 8.46. The van der Waals surface area contributed by atoms with E-state index in [1.54, 1.807) is 6.92 Å². The van der Waals surface area contributed by atoms with Gasteiger partial charge in [-0.05, 0) is 19.8 Å². The number of carbonyl (C=O) groups excluding carboxylic acids is 1. The van der Waals surface area contributed by atoms with Gasteiger partial charge in [-0.15, -0.1) is 11.6 Å². The first-order valence-corrected chi connectivity index (χ1v) is 8.30. The van der Waals surface area contributed by atoms with Crippen LogP contribution in [-0.4, -0.2) is 60.0 Å². The minimum atomic E-state index is -0.841. The van der Waals surface area contributed by atoms with E-state index in [1.807, 2.05) is 0 Å². The number of alkyl halides is 1. The van der Waals surface area contributed by atoms with E-state index < -0.39 is 22.7 Å². The lowest BCUT2D eigenvalue weighted by molar-refractivity contribution is -0.000103. The van der Waals surface area contributed by atoms with E-state index in [-0.39, 0.29) is 24.7 Å². The van der Waals surface area contributed by atoms with Crippen LogP contribution in [0.3, 0.4) is 0 Å². The number of esters is 1. The second-order valence-corrected chi connectivity index (χ2v) is 5.84. The Balaban J connectivity index is 2.42. The molecule has 0 saturated carbocycles. The zero-order chi connectivity index (χ0) is 17.6. The zero-order valence-corrected chi connectivity index (χ0v) is 14.2. The lowest BCUT2D eigenvalue weighted by atomic mass is 9.80. The second-order valence-electron chi connectivity index (χ2n) is 5.47. The van der Waals surface area contributed by atoms with E-state index in [0.29, 0.717) is 38.5 Å². The number of nitrogens with one attached hydrogen (secondary N) is 1. The third-order valence-corrected chi connectivity index (χ3v) is 4.07. The first-order valence-electron chi connectivity index (χ1n) is 7.76. The fourth-order valence-corrected chi connectivity index (χ4v) is 2.70. The number of hydrogen-bond donors (Lipinski definition) is 2. The molecule has 2 heterocycles. The Hall–Kier alpha value is -1.64. The molecule has 2 rings (SSSR count). The largest absolute Gasteiger partial charge is 0.501 e. The molecule has 1 aliphatic heterocycles. The van der Waals surface area contributed by atoms with Crippen LogP contribution in [0.2, 0.25) is 0 Å². The van der Waals surface area contributed by atoms with E-state index in [2.05, 4.69) is 9.97 Å². The predicted molar refractivity (Wildman–Crippen MR) is 85.7 cm³/mol. The molecule has 24 heavy (non-hydrogen) atoms. The quantitative estimate of drug-likeness (QED) is 0.423. The fourth-order valence-electron chi connectivity index (χ4n) is 2.59. The van der Waals surface area contributed by atoms with Gasteiger partial charge in [-0.1, -0.05) is 0 Å². The maximum absolute atomic E-state index is 12.0. The van der Waals surface area contributed by atoms with Crippen LogP contribution in [0.5, 0.6) is 5.75 Å². The molecule has 0 aliphatic carbocycles. The summed E-state index contributed by atoms with van der Waals surface area (Å²) >= 11 is 5.64. The summed E-state index contributed by atoms with van der Waals surface area (Å²) in [5, 5.41) is 9.84. The molecule has 0 atom stereocenters. The SMILES string of the molecule is CCOC(=O)c1nc(C2(COCCCl)CCOCC2)[nH]c(=O)c1O. The van der Waals surface area contributed by atoms with E-state index in [4.69, 9.17) is 25.8 Å². The fraction of sp³-hybridized carbons (Fsp3) is 0.667. The van der Waals surface area contributed by atoms with E-state index >= 15 is 0 Å². The number of H-pyrrole nitrogens is 1. The van der Waals surface area contributed by atoms with Gasteiger partial charge in [-0.3, -0.25) is 4.79 Å². The molecule has 8 nitrogen and oxygen atoms in total. The maximum atomic E-state index is 12.0. The number of aromatic nitrogens is 2. The highest BCUT2D eigenvalue weighted by Crippen LogP contribution is 2.33. The standard InChI is InChI=1S/C15H21ClN2O6/c1-2-24-13(21)10-11(19)12(20)18-14(17-10)15(9-23-8-5-16)3-6-22-7-4-15/h19H,2-9H2,1H3,(H,17,18,20). The van der Waals surface area contributed by atoms with Crippen molar-refractivity contribution in [3.05, 3.63) is 21.9 Å². The molecule has 0 aromatic carbocycles.